The number of nitrogens with one attached hydrogen (secondary N) is 1. The smallest absolute Gasteiger partial charge is 0.328 e. The number of fused-ring (bicyclic) bond motifs is 4. The molecule has 3 amide bonds. The number of urea groups is 1. The van der Waals surface area contributed by atoms with E-state index in [2.05, 4.69) is 24.0 Å². The number of imide groups is 1. The average molecular weight is 373 g/mol. The average Bonchev–Trinajstić information content (AvgIpc) is 3.21. The predicted octanol–water partition coefficient (Wildman–Crippen LogP) is 4.25. The number of carbonyl (C=O) groups is 2. The van der Waals surface area contributed by atoms with E-state index in [1.54, 1.807) is 4.90 Å². The molecule has 142 valence electrons. The van der Waals surface area contributed by atoms with Crippen LogP contribution >= 0.6 is 0 Å². The quantitative estimate of drug-likeness (QED) is 0.695. The third kappa shape index (κ3) is 2.39. The summed E-state index contributed by atoms with van der Waals surface area (Å²) in [5.74, 6) is -0.0599. The summed E-state index contributed by atoms with van der Waals surface area (Å²) in [6.45, 7) is 2.57. The number of unbranched alkanes of at least 4 members (excludes halogenated alkanes) is 1. The molecule has 5 heteroatoms. The summed E-state index contributed by atoms with van der Waals surface area (Å²) < 4.78 is 0. The van der Waals surface area contributed by atoms with Crippen LogP contribution in [0.25, 0.3) is 10.9 Å². The Hall–Kier alpha value is -3.08. The van der Waals surface area contributed by atoms with Crippen molar-refractivity contribution in [2.75, 3.05) is 6.54 Å². The van der Waals surface area contributed by atoms with Gasteiger partial charge in [0, 0.05) is 29.6 Å². The molecule has 1 N–H and O–H groups in total. The summed E-state index contributed by atoms with van der Waals surface area (Å²) in [6.07, 6.45) is 2.35. The van der Waals surface area contributed by atoms with Crippen molar-refractivity contribution in [1.29, 1.82) is 0 Å². The summed E-state index contributed by atoms with van der Waals surface area (Å²) in [5, 5.41) is 1.14. The minimum Gasteiger partial charge on any atom is -0.356 e. The van der Waals surface area contributed by atoms with E-state index >= 15 is 0 Å². The van der Waals surface area contributed by atoms with E-state index in [1.807, 2.05) is 42.5 Å². The molecule has 1 saturated heterocycles. The highest BCUT2D eigenvalue weighted by Crippen LogP contribution is 2.43. The van der Waals surface area contributed by atoms with Crippen molar-refractivity contribution in [2.24, 2.45) is 0 Å². The van der Waals surface area contributed by atoms with Crippen LogP contribution < -0.4 is 0 Å². The minimum atomic E-state index is -0.429. The molecule has 0 radical (unpaired) electrons. The van der Waals surface area contributed by atoms with Crippen LogP contribution in [0.3, 0.4) is 0 Å². The minimum absolute atomic E-state index is 0.0599. The predicted molar refractivity (Wildman–Crippen MR) is 108 cm³/mol. The van der Waals surface area contributed by atoms with Gasteiger partial charge in [-0.25, -0.2) is 4.79 Å². The Labute approximate surface area is 163 Å². The number of aromatic amines is 1. The third-order valence-electron chi connectivity index (χ3n) is 5.98. The highest BCUT2D eigenvalue weighted by atomic mass is 16.2. The Morgan fingerprint density at radius 1 is 1.04 bits per heavy atom. The van der Waals surface area contributed by atoms with Crippen molar-refractivity contribution >= 4 is 22.8 Å². The Morgan fingerprint density at radius 3 is 2.57 bits per heavy atom. The van der Waals surface area contributed by atoms with Gasteiger partial charge in [0.1, 0.15) is 12.1 Å². The first-order valence-corrected chi connectivity index (χ1v) is 9.98. The lowest BCUT2D eigenvalue weighted by Gasteiger charge is -2.36. The lowest BCUT2D eigenvalue weighted by molar-refractivity contribution is -0.128. The lowest BCUT2D eigenvalue weighted by atomic mass is 9.89. The standard InChI is InChI=1S/C23H23N3O2/c1-2-3-13-25-22(27)19-14-17-16-11-7-8-12-18(16)24-20(17)21(26(19)23(25)28)15-9-5-4-6-10-15/h4-12,19,21,24H,2-3,13-14H2,1H3/t19-,21+/m1/s1. The molecule has 0 aliphatic carbocycles. The SMILES string of the molecule is CCCCN1C(=O)[C@H]2Cc3c([nH]c4ccccc34)[C@H](c3ccccc3)N2C1=O. The van der Waals surface area contributed by atoms with Crippen LogP contribution in [-0.4, -0.2) is 39.3 Å². The molecule has 0 bridgehead atoms. The van der Waals surface area contributed by atoms with Gasteiger partial charge in [-0.3, -0.25) is 14.6 Å². The van der Waals surface area contributed by atoms with Crippen LogP contribution in [0.2, 0.25) is 0 Å². The highest BCUT2D eigenvalue weighted by molar-refractivity contribution is 6.05. The van der Waals surface area contributed by atoms with Gasteiger partial charge in [-0.15, -0.1) is 0 Å². The fourth-order valence-electron chi connectivity index (χ4n) is 4.63. The maximum atomic E-state index is 13.3. The largest absolute Gasteiger partial charge is 0.356 e. The second-order valence-corrected chi connectivity index (χ2v) is 7.63. The Balaban J connectivity index is 1.68. The van der Waals surface area contributed by atoms with Crippen LogP contribution in [-0.2, 0) is 11.2 Å². The van der Waals surface area contributed by atoms with Crippen LogP contribution in [0.1, 0.15) is 42.6 Å². The molecule has 1 aromatic heterocycles. The number of para-hydroxylation sites is 1. The second kappa shape index (κ2) is 6.51. The van der Waals surface area contributed by atoms with Gasteiger partial charge in [0.15, 0.2) is 0 Å². The molecule has 28 heavy (non-hydrogen) atoms. The lowest BCUT2D eigenvalue weighted by Crippen LogP contribution is -2.44. The molecule has 3 aromatic rings. The van der Waals surface area contributed by atoms with Gasteiger partial charge in [0.05, 0.1) is 0 Å². The van der Waals surface area contributed by atoms with Crippen molar-refractivity contribution < 1.29 is 9.59 Å². The number of amides is 3. The Kier molecular flexibility index (Phi) is 3.97. The molecule has 0 unspecified atom stereocenters. The van der Waals surface area contributed by atoms with Crippen molar-refractivity contribution in [1.82, 2.24) is 14.8 Å². The van der Waals surface area contributed by atoms with Crippen LogP contribution in [0.5, 0.6) is 0 Å². The first-order valence-electron chi connectivity index (χ1n) is 9.98. The molecular formula is C23H23N3O2. The fourth-order valence-corrected chi connectivity index (χ4v) is 4.63. The number of aromatic nitrogens is 1. The van der Waals surface area contributed by atoms with E-state index in [0.29, 0.717) is 13.0 Å². The fraction of sp³-hybridized carbons (Fsp3) is 0.304. The molecule has 2 aromatic carbocycles. The monoisotopic (exact) mass is 373 g/mol. The maximum Gasteiger partial charge on any atom is 0.328 e. The number of nitrogens with zero attached hydrogens (tertiary/aromatic N) is 2. The first-order chi connectivity index (χ1) is 13.7. The van der Waals surface area contributed by atoms with E-state index in [0.717, 1.165) is 40.6 Å². The number of hydrogen-bond donors (Lipinski definition) is 1. The molecule has 2 aliphatic heterocycles. The summed E-state index contributed by atoms with van der Waals surface area (Å²) in [7, 11) is 0. The van der Waals surface area contributed by atoms with Gasteiger partial charge in [-0.05, 0) is 23.6 Å². The Bertz CT molecular complexity index is 1060. The molecule has 0 spiro atoms. The van der Waals surface area contributed by atoms with Crippen molar-refractivity contribution in [3.8, 4) is 0 Å². The van der Waals surface area contributed by atoms with E-state index in [9.17, 15) is 9.59 Å². The normalized spacial score (nSPS) is 21.3. The van der Waals surface area contributed by atoms with Crippen LogP contribution in [0.15, 0.2) is 54.6 Å². The van der Waals surface area contributed by atoms with Gasteiger partial charge in [-0.2, -0.15) is 0 Å². The number of H-pyrrole nitrogens is 1. The van der Waals surface area contributed by atoms with Crippen molar-refractivity contribution in [3.05, 3.63) is 71.4 Å². The topological polar surface area (TPSA) is 56.4 Å². The zero-order valence-electron chi connectivity index (χ0n) is 15.9. The zero-order valence-corrected chi connectivity index (χ0v) is 15.9. The molecule has 5 rings (SSSR count). The van der Waals surface area contributed by atoms with Crippen molar-refractivity contribution in [3.63, 3.8) is 0 Å². The summed E-state index contributed by atoms with van der Waals surface area (Å²) >= 11 is 0. The maximum absolute atomic E-state index is 13.3. The van der Waals surface area contributed by atoms with E-state index in [-0.39, 0.29) is 18.0 Å². The van der Waals surface area contributed by atoms with Crippen LogP contribution in [0.4, 0.5) is 4.79 Å². The third-order valence-corrected chi connectivity index (χ3v) is 5.98. The summed E-state index contributed by atoms with van der Waals surface area (Å²) in [4.78, 5) is 33.2. The van der Waals surface area contributed by atoms with Gasteiger partial charge < -0.3 is 4.98 Å². The van der Waals surface area contributed by atoms with Gasteiger partial charge in [0.25, 0.3) is 5.91 Å². The summed E-state index contributed by atoms with van der Waals surface area (Å²) in [5.41, 5.74) is 4.27. The number of rotatable bonds is 4. The zero-order chi connectivity index (χ0) is 19.3. The van der Waals surface area contributed by atoms with E-state index in [1.165, 1.54) is 4.90 Å². The molecule has 5 nitrogen and oxygen atoms in total. The molecular weight excluding hydrogens is 350 g/mol. The van der Waals surface area contributed by atoms with Gasteiger partial charge >= 0.3 is 6.03 Å². The summed E-state index contributed by atoms with van der Waals surface area (Å²) in [6, 6.07) is 17.3. The molecule has 1 fully saturated rings. The number of benzene rings is 2. The highest BCUT2D eigenvalue weighted by Gasteiger charge is 2.52. The number of hydrogen-bond acceptors (Lipinski definition) is 2. The molecule has 2 atom stereocenters. The Morgan fingerprint density at radius 2 is 1.79 bits per heavy atom. The van der Waals surface area contributed by atoms with Crippen LogP contribution in [0, 0.1) is 0 Å². The van der Waals surface area contributed by atoms with Crippen molar-refractivity contribution in [2.45, 2.75) is 38.3 Å². The second-order valence-electron chi connectivity index (χ2n) is 7.63. The van der Waals surface area contributed by atoms with Gasteiger partial charge in [-0.1, -0.05) is 61.9 Å². The first kappa shape index (κ1) is 17.0. The van der Waals surface area contributed by atoms with E-state index < -0.39 is 6.04 Å². The molecule has 0 saturated carbocycles. The number of carbonyl (C=O) groups excluding carboxylic acids is 2. The van der Waals surface area contributed by atoms with Gasteiger partial charge in [0.2, 0.25) is 0 Å². The molecule has 2 aliphatic rings. The van der Waals surface area contributed by atoms with E-state index in [4.69, 9.17) is 0 Å². The molecule has 3 heterocycles.